The van der Waals surface area contributed by atoms with Crippen LogP contribution in [0.25, 0.3) is 0 Å². The van der Waals surface area contributed by atoms with Crippen LogP contribution in [-0.4, -0.2) is 24.5 Å². The standard InChI is InChI=1S/C12H19F3O3/c1-8(16)9(17)18-7-10(2,3)6-11(4,5)12(13,14)15/h6-7H2,1-5H3. The van der Waals surface area contributed by atoms with Crippen molar-refractivity contribution in [3.8, 4) is 0 Å². The number of ether oxygens (including phenoxy) is 1. The third-order valence-electron chi connectivity index (χ3n) is 2.57. The van der Waals surface area contributed by atoms with Gasteiger partial charge in [-0.15, -0.1) is 0 Å². The smallest absolute Gasteiger partial charge is 0.393 e. The van der Waals surface area contributed by atoms with Gasteiger partial charge in [0.05, 0.1) is 12.0 Å². The summed E-state index contributed by atoms with van der Waals surface area (Å²) in [5.74, 6) is -1.78. The normalized spacial score (nSPS) is 13.3. The molecule has 0 N–H and O–H groups in total. The van der Waals surface area contributed by atoms with Gasteiger partial charge in [-0.3, -0.25) is 4.79 Å². The van der Waals surface area contributed by atoms with E-state index in [1.807, 2.05) is 0 Å². The molecule has 0 saturated carbocycles. The summed E-state index contributed by atoms with van der Waals surface area (Å²) in [4.78, 5) is 21.6. The minimum Gasteiger partial charge on any atom is -0.459 e. The number of rotatable bonds is 5. The van der Waals surface area contributed by atoms with Crippen molar-refractivity contribution >= 4 is 11.8 Å². The first-order valence-corrected chi connectivity index (χ1v) is 5.53. The molecule has 18 heavy (non-hydrogen) atoms. The van der Waals surface area contributed by atoms with Crippen molar-refractivity contribution < 1.29 is 27.5 Å². The van der Waals surface area contributed by atoms with Gasteiger partial charge in [0.2, 0.25) is 5.78 Å². The Morgan fingerprint density at radius 3 is 1.83 bits per heavy atom. The zero-order valence-corrected chi connectivity index (χ0v) is 11.3. The van der Waals surface area contributed by atoms with Gasteiger partial charge in [0.1, 0.15) is 0 Å². The first-order valence-electron chi connectivity index (χ1n) is 5.53. The van der Waals surface area contributed by atoms with Gasteiger partial charge >= 0.3 is 12.1 Å². The van der Waals surface area contributed by atoms with E-state index in [9.17, 15) is 22.8 Å². The summed E-state index contributed by atoms with van der Waals surface area (Å²) in [6, 6.07) is 0. The number of carbonyl (C=O) groups excluding carboxylic acids is 2. The summed E-state index contributed by atoms with van der Waals surface area (Å²) in [6.07, 6.45) is -4.52. The minimum atomic E-state index is -4.32. The summed E-state index contributed by atoms with van der Waals surface area (Å²) in [7, 11) is 0. The summed E-state index contributed by atoms with van der Waals surface area (Å²) in [5, 5.41) is 0. The number of Topliss-reactive ketones (excluding diaryl/α,β-unsaturated/α-hetero) is 1. The number of alkyl halides is 3. The Morgan fingerprint density at radius 2 is 1.50 bits per heavy atom. The van der Waals surface area contributed by atoms with Crippen molar-refractivity contribution in [2.24, 2.45) is 10.8 Å². The molecule has 0 aromatic carbocycles. The van der Waals surface area contributed by atoms with Crippen LogP contribution in [0.15, 0.2) is 0 Å². The predicted octanol–water partition coefficient (Wildman–Crippen LogP) is 3.12. The Balaban J connectivity index is 4.58. The van der Waals surface area contributed by atoms with E-state index in [1.165, 1.54) is 0 Å². The number of hydrogen-bond acceptors (Lipinski definition) is 3. The zero-order chi connectivity index (χ0) is 14.8. The van der Waals surface area contributed by atoms with Crippen LogP contribution in [0.4, 0.5) is 13.2 Å². The second-order valence-electron chi connectivity index (χ2n) is 5.85. The second-order valence-corrected chi connectivity index (χ2v) is 5.85. The summed E-state index contributed by atoms with van der Waals surface area (Å²) >= 11 is 0. The fourth-order valence-corrected chi connectivity index (χ4v) is 1.71. The molecular weight excluding hydrogens is 249 g/mol. The lowest BCUT2D eigenvalue weighted by Gasteiger charge is -2.35. The van der Waals surface area contributed by atoms with E-state index in [2.05, 4.69) is 4.74 Å². The molecule has 0 aromatic heterocycles. The third kappa shape index (κ3) is 5.06. The highest BCUT2D eigenvalue weighted by atomic mass is 19.4. The van der Waals surface area contributed by atoms with Gasteiger partial charge in [-0.2, -0.15) is 13.2 Å². The molecule has 0 aliphatic rings. The lowest BCUT2D eigenvalue weighted by molar-refractivity contribution is -0.222. The molecule has 0 heterocycles. The van der Waals surface area contributed by atoms with Gasteiger partial charge in [0.15, 0.2) is 0 Å². The van der Waals surface area contributed by atoms with Gasteiger partial charge in [0.25, 0.3) is 0 Å². The number of ketones is 1. The van der Waals surface area contributed by atoms with Crippen molar-refractivity contribution in [1.29, 1.82) is 0 Å². The number of esters is 1. The molecule has 0 rings (SSSR count). The number of halogens is 3. The van der Waals surface area contributed by atoms with Crippen LogP contribution >= 0.6 is 0 Å². The quantitative estimate of drug-likeness (QED) is 0.568. The monoisotopic (exact) mass is 268 g/mol. The molecule has 0 aliphatic heterocycles. The van der Waals surface area contributed by atoms with E-state index in [-0.39, 0.29) is 13.0 Å². The Bertz CT molecular complexity index is 330. The van der Waals surface area contributed by atoms with Gasteiger partial charge in [0, 0.05) is 6.92 Å². The maximum absolute atomic E-state index is 12.7. The lowest BCUT2D eigenvalue weighted by atomic mass is 9.75. The number of carbonyl (C=O) groups is 2. The maximum atomic E-state index is 12.7. The molecule has 0 aromatic rings. The van der Waals surface area contributed by atoms with E-state index >= 15 is 0 Å². The largest absolute Gasteiger partial charge is 0.459 e. The molecular formula is C12H19F3O3. The van der Waals surface area contributed by atoms with Crippen LogP contribution in [0, 0.1) is 10.8 Å². The third-order valence-corrected chi connectivity index (χ3v) is 2.57. The molecule has 6 heteroatoms. The molecule has 0 bridgehead atoms. The molecule has 0 aliphatic carbocycles. The van der Waals surface area contributed by atoms with Gasteiger partial charge in [-0.1, -0.05) is 27.7 Å². The number of hydrogen-bond donors (Lipinski definition) is 0. The summed E-state index contributed by atoms with van der Waals surface area (Å²) in [5.41, 5.74) is -2.73. The Kier molecular flexibility index (Phi) is 4.97. The van der Waals surface area contributed by atoms with E-state index < -0.39 is 28.8 Å². The van der Waals surface area contributed by atoms with Crippen LogP contribution < -0.4 is 0 Å². The van der Waals surface area contributed by atoms with Crippen LogP contribution in [0.3, 0.4) is 0 Å². The molecule has 0 spiro atoms. The summed E-state index contributed by atoms with van der Waals surface area (Å²) in [6.45, 7) is 6.16. The van der Waals surface area contributed by atoms with Crippen LogP contribution in [-0.2, 0) is 14.3 Å². The average Bonchev–Trinajstić information content (AvgIpc) is 2.10. The van der Waals surface area contributed by atoms with Crippen LogP contribution in [0.5, 0.6) is 0 Å². The summed E-state index contributed by atoms with van der Waals surface area (Å²) < 4.78 is 42.9. The van der Waals surface area contributed by atoms with E-state index in [4.69, 9.17) is 0 Å². The van der Waals surface area contributed by atoms with Crippen molar-refractivity contribution in [3.63, 3.8) is 0 Å². The highest BCUT2D eigenvalue weighted by molar-refractivity contribution is 6.32. The fourth-order valence-electron chi connectivity index (χ4n) is 1.71. The Labute approximate surface area is 105 Å². The molecule has 3 nitrogen and oxygen atoms in total. The zero-order valence-electron chi connectivity index (χ0n) is 11.3. The van der Waals surface area contributed by atoms with E-state index in [0.717, 1.165) is 20.8 Å². The topological polar surface area (TPSA) is 43.4 Å². The highest BCUT2D eigenvalue weighted by Crippen LogP contribution is 2.45. The molecule has 0 fully saturated rings. The van der Waals surface area contributed by atoms with Crippen LogP contribution in [0.2, 0.25) is 0 Å². The Morgan fingerprint density at radius 1 is 1.06 bits per heavy atom. The predicted molar refractivity (Wildman–Crippen MR) is 59.9 cm³/mol. The maximum Gasteiger partial charge on any atom is 0.393 e. The lowest BCUT2D eigenvalue weighted by Crippen LogP contribution is -2.38. The highest BCUT2D eigenvalue weighted by Gasteiger charge is 2.49. The first kappa shape index (κ1) is 16.9. The first-order chi connectivity index (χ1) is 7.78. The second kappa shape index (κ2) is 5.28. The molecule has 0 unspecified atom stereocenters. The minimum absolute atomic E-state index is 0.200. The van der Waals surface area contributed by atoms with Crippen molar-refractivity contribution in [2.45, 2.75) is 47.2 Å². The van der Waals surface area contributed by atoms with Crippen molar-refractivity contribution in [3.05, 3.63) is 0 Å². The van der Waals surface area contributed by atoms with Crippen molar-refractivity contribution in [1.82, 2.24) is 0 Å². The average molecular weight is 268 g/mol. The molecule has 0 atom stereocenters. The van der Waals surface area contributed by atoms with Crippen LogP contribution in [0.1, 0.15) is 41.0 Å². The molecule has 0 amide bonds. The Hall–Kier alpha value is -1.07. The van der Waals surface area contributed by atoms with E-state index in [0.29, 0.717) is 0 Å². The molecule has 106 valence electrons. The van der Waals surface area contributed by atoms with Crippen molar-refractivity contribution in [2.75, 3.05) is 6.61 Å². The van der Waals surface area contributed by atoms with Gasteiger partial charge in [-0.05, 0) is 11.8 Å². The fraction of sp³-hybridized carbons (Fsp3) is 0.833. The van der Waals surface area contributed by atoms with Gasteiger partial charge in [-0.25, -0.2) is 4.79 Å². The SMILES string of the molecule is CC(=O)C(=O)OCC(C)(C)CC(C)(C)C(F)(F)F. The molecule has 0 radical (unpaired) electrons. The van der Waals surface area contributed by atoms with E-state index in [1.54, 1.807) is 13.8 Å². The molecule has 0 saturated heterocycles. The van der Waals surface area contributed by atoms with Gasteiger partial charge < -0.3 is 4.74 Å².